The van der Waals surface area contributed by atoms with E-state index in [1.54, 1.807) is 12.3 Å². The van der Waals surface area contributed by atoms with Gasteiger partial charge in [0.1, 0.15) is 0 Å². The number of rotatable bonds is 9. The molecule has 0 aromatic carbocycles. The van der Waals surface area contributed by atoms with E-state index in [1.807, 2.05) is 0 Å². The number of unbranched alkanes of at least 4 members (excludes halogenated alkanes) is 1. The Morgan fingerprint density at radius 1 is 1.33 bits per heavy atom. The maximum Gasteiger partial charge on any atom is 0.268 e. The fourth-order valence-electron chi connectivity index (χ4n) is 1.47. The van der Waals surface area contributed by atoms with E-state index < -0.39 is 0 Å². The van der Waals surface area contributed by atoms with Crippen LogP contribution >= 0.6 is 0 Å². The molecule has 0 bridgehead atoms. The highest BCUT2D eigenvalue weighted by atomic mass is 16.5. The lowest BCUT2D eigenvalue weighted by atomic mass is 10.4. The number of hydrogen-bond donors (Lipinski definition) is 1. The van der Waals surface area contributed by atoms with Gasteiger partial charge in [0, 0.05) is 19.2 Å². The van der Waals surface area contributed by atoms with E-state index in [1.165, 1.54) is 4.68 Å². The molecule has 0 spiro atoms. The van der Waals surface area contributed by atoms with Crippen LogP contribution in [0.1, 0.15) is 33.1 Å². The quantitative estimate of drug-likeness (QED) is 0.683. The maximum atomic E-state index is 11.7. The van der Waals surface area contributed by atoms with Gasteiger partial charge in [-0.15, -0.1) is 0 Å². The van der Waals surface area contributed by atoms with Gasteiger partial charge in [0.2, 0.25) is 0 Å². The molecule has 1 heterocycles. The fourth-order valence-corrected chi connectivity index (χ4v) is 1.47. The van der Waals surface area contributed by atoms with E-state index >= 15 is 0 Å². The normalized spacial score (nSPS) is 10.6. The largest absolute Gasteiger partial charge is 0.384 e. The summed E-state index contributed by atoms with van der Waals surface area (Å²) < 4.78 is 6.85. The molecule has 102 valence electrons. The van der Waals surface area contributed by atoms with Crippen molar-refractivity contribution < 1.29 is 4.74 Å². The van der Waals surface area contributed by atoms with Gasteiger partial charge in [-0.3, -0.25) is 4.79 Å². The molecule has 5 nitrogen and oxygen atoms in total. The van der Waals surface area contributed by atoms with Crippen LogP contribution in [0.25, 0.3) is 0 Å². The van der Waals surface area contributed by atoms with Crippen molar-refractivity contribution >= 4 is 5.69 Å². The molecule has 18 heavy (non-hydrogen) atoms. The molecule has 0 aliphatic heterocycles. The van der Waals surface area contributed by atoms with E-state index in [4.69, 9.17) is 4.74 Å². The highest BCUT2D eigenvalue weighted by Crippen LogP contribution is 1.99. The van der Waals surface area contributed by atoms with Crippen molar-refractivity contribution in [3.63, 3.8) is 0 Å². The van der Waals surface area contributed by atoms with Crippen molar-refractivity contribution in [3.05, 3.63) is 22.6 Å². The van der Waals surface area contributed by atoms with E-state index in [0.717, 1.165) is 38.1 Å². The second-order valence-electron chi connectivity index (χ2n) is 4.20. The van der Waals surface area contributed by atoms with E-state index in [2.05, 4.69) is 24.3 Å². The second kappa shape index (κ2) is 8.69. The summed E-state index contributed by atoms with van der Waals surface area (Å²) in [4.78, 5) is 11.7. The standard InChI is InChI=1S/C13H23N3O2/c1-3-5-8-18-9-7-16-13(17)10-12(11-15-16)14-6-4-2/h10-11,14H,3-9H2,1-2H3. The Balaban J connectivity index is 2.40. The van der Waals surface area contributed by atoms with Crippen molar-refractivity contribution in [2.75, 3.05) is 25.1 Å². The van der Waals surface area contributed by atoms with Crippen molar-refractivity contribution in [2.45, 2.75) is 39.7 Å². The first-order chi connectivity index (χ1) is 8.77. The molecule has 0 fully saturated rings. The molecular formula is C13H23N3O2. The van der Waals surface area contributed by atoms with Gasteiger partial charge in [0.25, 0.3) is 5.56 Å². The summed E-state index contributed by atoms with van der Waals surface area (Å²) in [7, 11) is 0. The minimum atomic E-state index is -0.0878. The number of hydrogen-bond acceptors (Lipinski definition) is 4. The van der Waals surface area contributed by atoms with E-state index in [0.29, 0.717) is 13.2 Å². The SMILES string of the molecule is CCCCOCCn1ncc(NCCC)cc1=O. The zero-order chi connectivity index (χ0) is 13.2. The number of ether oxygens (including phenoxy) is 1. The average molecular weight is 253 g/mol. The summed E-state index contributed by atoms with van der Waals surface area (Å²) >= 11 is 0. The van der Waals surface area contributed by atoms with Crippen molar-refractivity contribution in [2.24, 2.45) is 0 Å². The molecule has 0 saturated heterocycles. The Labute approximate surface area is 108 Å². The molecule has 0 atom stereocenters. The van der Waals surface area contributed by atoms with Gasteiger partial charge in [-0.05, 0) is 12.8 Å². The van der Waals surface area contributed by atoms with Crippen LogP contribution < -0.4 is 10.9 Å². The van der Waals surface area contributed by atoms with Gasteiger partial charge in [0.05, 0.1) is 25.0 Å². The molecule has 0 aliphatic carbocycles. The third kappa shape index (κ3) is 5.31. The summed E-state index contributed by atoms with van der Waals surface area (Å²) in [6, 6.07) is 1.58. The molecule has 0 radical (unpaired) electrons. The van der Waals surface area contributed by atoms with Gasteiger partial charge in [-0.2, -0.15) is 5.10 Å². The Morgan fingerprint density at radius 3 is 2.83 bits per heavy atom. The molecule has 0 aliphatic rings. The molecule has 1 aromatic rings. The number of nitrogens with zero attached hydrogens (tertiary/aromatic N) is 2. The molecule has 5 heteroatoms. The number of aromatic nitrogens is 2. The van der Waals surface area contributed by atoms with E-state index in [9.17, 15) is 4.79 Å². The van der Waals surface area contributed by atoms with Crippen LogP contribution in [0.5, 0.6) is 0 Å². The lowest BCUT2D eigenvalue weighted by Crippen LogP contribution is -2.24. The van der Waals surface area contributed by atoms with Crippen LogP contribution in [-0.4, -0.2) is 29.5 Å². The van der Waals surface area contributed by atoms with Crippen LogP contribution in [0.4, 0.5) is 5.69 Å². The van der Waals surface area contributed by atoms with Crippen LogP contribution in [-0.2, 0) is 11.3 Å². The Kier molecular flexibility index (Phi) is 7.10. The summed E-state index contributed by atoms with van der Waals surface area (Å²) in [5.41, 5.74) is 0.695. The smallest absolute Gasteiger partial charge is 0.268 e. The van der Waals surface area contributed by atoms with Crippen LogP contribution in [0.2, 0.25) is 0 Å². The van der Waals surface area contributed by atoms with Crippen LogP contribution in [0, 0.1) is 0 Å². The first-order valence-electron chi connectivity index (χ1n) is 6.66. The maximum absolute atomic E-state index is 11.7. The fraction of sp³-hybridized carbons (Fsp3) is 0.692. The van der Waals surface area contributed by atoms with Gasteiger partial charge < -0.3 is 10.1 Å². The van der Waals surface area contributed by atoms with E-state index in [-0.39, 0.29) is 5.56 Å². The van der Waals surface area contributed by atoms with Crippen molar-refractivity contribution in [3.8, 4) is 0 Å². The zero-order valence-electron chi connectivity index (χ0n) is 11.3. The van der Waals surface area contributed by atoms with Gasteiger partial charge in [-0.1, -0.05) is 20.3 Å². The molecule has 0 amide bonds. The molecular weight excluding hydrogens is 230 g/mol. The summed E-state index contributed by atoms with van der Waals surface area (Å²) in [5.74, 6) is 0. The molecule has 1 N–H and O–H groups in total. The summed E-state index contributed by atoms with van der Waals surface area (Å²) in [5, 5.41) is 7.25. The van der Waals surface area contributed by atoms with Crippen LogP contribution in [0.15, 0.2) is 17.1 Å². The Morgan fingerprint density at radius 2 is 2.17 bits per heavy atom. The van der Waals surface area contributed by atoms with Crippen molar-refractivity contribution in [1.29, 1.82) is 0 Å². The number of nitrogens with one attached hydrogen (secondary N) is 1. The van der Waals surface area contributed by atoms with Gasteiger partial charge >= 0.3 is 0 Å². The first kappa shape index (κ1) is 14.7. The minimum absolute atomic E-state index is 0.0878. The lowest BCUT2D eigenvalue weighted by molar-refractivity contribution is 0.120. The highest BCUT2D eigenvalue weighted by molar-refractivity contribution is 5.38. The summed E-state index contributed by atoms with van der Waals surface area (Å²) in [6.07, 6.45) is 4.88. The first-order valence-corrected chi connectivity index (χ1v) is 6.66. The van der Waals surface area contributed by atoms with Gasteiger partial charge in [-0.25, -0.2) is 4.68 Å². The molecule has 1 aromatic heterocycles. The molecule has 0 saturated carbocycles. The predicted octanol–water partition coefficient (Wildman–Crippen LogP) is 1.88. The predicted molar refractivity (Wildman–Crippen MR) is 73.0 cm³/mol. The summed E-state index contributed by atoms with van der Waals surface area (Å²) in [6.45, 7) is 6.85. The third-order valence-corrected chi connectivity index (χ3v) is 2.54. The third-order valence-electron chi connectivity index (χ3n) is 2.54. The second-order valence-corrected chi connectivity index (χ2v) is 4.20. The lowest BCUT2D eigenvalue weighted by Gasteiger charge is -2.07. The Hall–Kier alpha value is -1.36. The molecule has 1 rings (SSSR count). The monoisotopic (exact) mass is 253 g/mol. The minimum Gasteiger partial charge on any atom is -0.384 e. The van der Waals surface area contributed by atoms with Crippen molar-refractivity contribution in [1.82, 2.24) is 9.78 Å². The van der Waals surface area contributed by atoms with Crippen LogP contribution in [0.3, 0.4) is 0 Å². The Bertz CT molecular complexity index is 390. The highest BCUT2D eigenvalue weighted by Gasteiger charge is 1.99. The number of anilines is 1. The average Bonchev–Trinajstić information content (AvgIpc) is 2.38. The topological polar surface area (TPSA) is 56.1 Å². The zero-order valence-corrected chi connectivity index (χ0v) is 11.3. The molecule has 0 unspecified atom stereocenters. The van der Waals surface area contributed by atoms with Gasteiger partial charge in [0.15, 0.2) is 0 Å².